The minimum atomic E-state index is -4.15. The highest BCUT2D eigenvalue weighted by Gasteiger charge is 2.33. The van der Waals surface area contributed by atoms with Gasteiger partial charge in [0.25, 0.3) is 10.0 Å². The summed E-state index contributed by atoms with van der Waals surface area (Å²) >= 11 is 0. The second-order valence-corrected chi connectivity index (χ2v) is 8.18. The third kappa shape index (κ3) is 5.34. The van der Waals surface area contributed by atoms with Crippen molar-refractivity contribution in [3.05, 3.63) is 24.4 Å². The lowest BCUT2D eigenvalue weighted by Gasteiger charge is -2.19. The third-order valence-corrected chi connectivity index (χ3v) is 5.49. The van der Waals surface area contributed by atoms with Crippen molar-refractivity contribution in [2.45, 2.75) is 50.6 Å². The lowest BCUT2D eigenvalue weighted by molar-refractivity contribution is -0.127. The number of Topliss-reactive ketones (excluding diaryl/α,β-unsaturated/α-hetero) is 1. The van der Waals surface area contributed by atoms with Crippen LogP contribution < -0.4 is 5.32 Å². The molecule has 0 saturated carbocycles. The number of ketones is 1. The van der Waals surface area contributed by atoms with Crippen LogP contribution in [0.15, 0.2) is 29.4 Å². The Hall–Kier alpha value is -1.80. The number of amides is 1. The van der Waals surface area contributed by atoms with E-state index in [4.69, 9.17) is 2.74 Å². The SMILES string of the molecule is [2H]C1C(=O)[C@@]([2H])(NC(=O)CCC(C)C)CCCN1S(=O)(=O)c1ccccn1. The molecule has 7 nitrogen and oxygen atoms in total. The molecule has 1 fully saturated rings. The van der Waals surface area contributed by atoms with E-state index in [-0.39, 0.29) is 30.8 Å². The maximum atomic E-state index is 12.7. The summed E-state index contributed by atoms with van der Waals surface area (Å²) in [4.78, 5) is 28.6. The number of carbonyl (C=O) groups is 2. The van der Waals surface area contributed by atoms with Gasteiger partial charge in [0.1, 0.15) is 0 Å². The van der Waals surface area contributed by atoms with E-state index < -0.39 is 34.3 Å². The molecule has 1 saturated heterocycles. The predicted molar refractivity (Wildman–Crippen MR) is 93.2 cm³/mol. The highest BCUT2D eigenvalue weighted by atomic mass is 32.2. The summed E-state index contributed by atoms with van der Waals surface area (Å²) in [7, 11) is -4.15. The fourth-order valence-electron chi connectivity index (χ4n) is 2.39. The van der Waals surface area contributed by atoms with Crippen molar-refractivity contribution in [2.75, 3.05) is 13.1 Å². The van der Waals surface area contributed by atoms with Gasteiger partial charge in [-0.05, 0) is 37.3 Å². The molecular formula is C17H25N3O4S. The normalized spacial score (nSPS) is 26.7. The number of nitrogens with one attached hydrogen (secondary N) is 1. The molecule has 1 N–H and O–H groups in total. The molecule has 2 heterocycles. The Morgan fingerprint density at radius 2 is 2.28 bits per heavy atom. The molecular weight excluding hydrogens is 342 g/mol. The van der Waals surface area contributed by atoms with Crippen LogP contribution in [0.3, 0.4) is 0 Å². The zero-order chi connectivity index (χ0) is 20.2. The first-order valence-electron chi connectivity index (χ1n) is 9.36. The van der Waals surface area contributed by atoms with Gasteiger partial charge in [0.05, 0.1) is 15.3 Å². The summed E-state index contributed by atoms with van der Waals surface area (Å²) in [6, 6.07) is 2.35. The molecule has 2 atom stereocenters. The number of sulfonamides is 1. The van der Waals surface area contributed by atoms with Crippen molar-refractivity contribution in [2.24, 2.45) is 5.92 Å². The van der Waals surface area contributed by atoms with E-state index in [0.29, 0.717) is 12.3 Å². The van der Waals surface area contributed by atoms with Crippen molar-refractivity contribution in [1.29, 1.82) is 0 Å². The Labute approximate surface area is 151 Å². The lowest BCUT2D eigenvalue weighted by Crippen LogP contribution is -2.44. The number of aromatic nitrogens is 1. The molecule has 1 aromatic rings. The molecule has 0 bridgehead atoms. The van der Waals surface area contributed by atoms with Gasteiger partial charge in [-0.3, -0.25) is 9.59 Å². The van der Waals surface area contributed by atoms with Gasteiger partial charge in [-0.1, -0.05) is 19.9 Å². The first-order chi connectivity index (χ1) is 12.6. The van der Waals surface area contributed by atoms with Crippen LogP contribution in [0, 0.1) is 5.92 Å². The lowest BCUT2D eigenvalue weighted by atomic mass is 10.1. The fraction of sp³-hybridized carbons (Fsp3) is 0.588. The first-order valence-corrected chi connectivity index (χ1v) is 9.72. The zero-order valence-electron chi connectivity index (χ0n) is 16.4. The van der Waals surface area contributed by atoms with Gasteiger partial charge in [-0.15, -0.1) is 0 Å². The Morgan fingerprint density at radius 3 is 2.92 bits per heavy atom. The van der Waals surface area contributed by atoms with Gasteiger partial charge in [-0.2, -0.15) is 4.31 Å². The van der Waals surface area contributed by atoms with Crippen molar-refractivity contribution in [1.82, 2.24) is 14.6 Å². The largest absolute Gasteiger partial charge is 0.346 e. The van der Waals surface area contributed by atoms with E-state index in [1.807, 2.05) is 13.8 Å². The molecule has 138 valence electrons. The number of hydrogen-bond acceptors (Lipinski definition) is 5. The van der Waals surface area contributed by atoms with Crippen LogP contribution in [0.4, 0.5) is 0 Å². The number of carbonyl (C=O) groups excluding carboxylic acids is 2. The van der Waals surface area contributed by atoms with Gasteiger partial charge in [-0.25, -0.2) is 13.4 Å². The van der Waals surface area contributed by atoms with Crippen LogP contribution in [-0.4, -0.2) is 48.5 Å². The predicted octanol–water partition coefficient (Wildman–Crippen LogP) is 1.36. The van der Waals surface area contributed by atoms with Gasteiger partial charge in [0.2, 0.25) is 5.91 Å². The smallest absolute Gasteiger partial charge is 0.260 e. The standard InChI is InChI=1S/C17H25N3O4S/c1-13(2)8-9-16(22)19-14-6-5-11-20(12-15(14)21)25(23,24)17-7-3-4-10-18-17/h3-4,7,10,13-14H,5-6,8-9,11-12H2,1-2H3,(H,19,22)/t14-/m0/s1/i12D,14D/t12?,14-. The van der Waals surface area contributed by atoms with Crippen LogP contribution in [0.5, 0.6) is 0 Å². The summed E-state index contributed by atoms with van der Waals surface area (Å²) < 4.78 is 42.8. The van der Waals surface area contributed by atoms with Crippen LogP contribution in [0.25, 0.3) is 0 Å². The molecule has 2 rings (SSSR count). The average molecular weight is 369 g/mol. The molecule has 1 aliphatic heterocycles. The van der Waals surface area contributed by atoms with Gasteiger partial charge in [0, 0.05) is 19.2 Å². The molecule has 1 aromatic heterocycles. The molecule has 0 aromatic carbocycles. The quantitative estimate of drug-likeness (QED) is 0.817. The highest BCUT2D eigenvalue weighted by molar-refractivity contribution is 7.89. The molecule has 1 amide bonds. The number of hydrogen-bond donors (Lipinski definition) is 1. The topological polar surface area (TPSA) is 96.4 Å². The number of pyridine rings is 1. The highest BCUT2D eigenvalue weighted by Crippen LogP contribution is 2.18. The average Bonchev–Trinajstić information content (AvgIpc) is 2.73. The summed E-state index contributed by atoms with van der Waals surface area (Å²) in [5.41, 5.74) is 0. The number of rotatable bonds is 6. The summed E-state index contributed by atoms with van der Waals surface area (Å²) in [6.07, 6.45) is 2.21. The Kier molecular flexibility index (Phi) is 5.68. The monoisotopic (exact) mass is 369 g/mol. The molecule has 0 radical (unpaired) electrons. The maximum absolute atomic E-state index is 12.7. The van der Waals surface area contributed by atoms with Gasteiger partial charge in [0.15, 0.2) is 10.8 Å². The van der Waals surface area contributed by atoms with E-state index in [0.717, 1.165) is 4.31 Å². The third-order valence-electron chi connectivity index (χ3n) is 3.81. The van der Waals surface area contributed by atoms with Crippen LogP contribution in [0.2, 0.25) is 0 Å². The van der Waals surface area contributed by atoms with Gasteiger partial charge >= 0.3 is 0 Å². The van der Waals surface area contributed by atoms with E-state index in [9.17, 15) is 18.0 Å². The first kappa shape index (κ1) is 16.7. The molecule has 0 spiro atoms. The van der Waals surface area contributed by atoms with Crippen LogP contribution >= 0.6 is 0 Å². The minimum absolute atomic E-state index is 0.0527. The number of nitrogens with zero attached hydrogens (tertiary/aromatic N) is 2. The van der Waals surface area contributed by atoms with Crippen molar-refractivity contribution in [3.63, 3.8) is 0 Å². The summed E-state index contributed by atoms with van der Waals surface area (Å²) in [6.45, 7) is 2.00. The zero-order valence-corrected chi connectivity index (χ0v) is 15.3. The van der Waals surface area contributed by atoms with Crippen molar-refractivity contribution >= 4 is 21.7 Å². The second kappa shape index (κ2) is 8.53. The molecule has 8 heteroatoms. The van der Waals surface area contributed by atoms with Crippen molar-refractivity contribution in [3.8, 4) is 0 Å². The van der Waals surface area contributed by atoms with E-state index >= 15 is 0 Å². The van der Waals surface area contributed by atoms with Crippen molar-refractivity contribution < 1.29 is 20.7 Å². The van der Waals surface area contributed by atoms with E-state index in [2.05, 4.69) is 10.3 Å². The maximum Gasteiger partial charge on any atom is 0.260 e. The Balaban J connectivity index is 2.21. The molecule has 1 aliphatic rings. The summed E-state index contributed by atoms with van der Waals surface area (Å²) in [5.74, 6) is -1.11. The second-order valence-electron chi connectivity index (χ2n) is 6.34. The fourth-order valence-corrected chi connectivity index (χ4v) is 3.68. The Bertz CT molecular complexity index is 789. The van der Waals surface area contributed by atoms with E-state index in [1.54, 1.807) is 6.07 Å². The Morgan fingerprint density at radius 1 is 1.52 bits per heavy atom. The van der Waals surface area contributed by atoms with Crippen LogP contribution in [-0.2, 0) is 19.6 Å². The molecule has 25 heavy (non-hydrogen) atoms. The van der Waals surface area contributed by atoms with E-state index in [1.165, 1.54) is 18.3 Å². The van der Waals surface area contributed by atoms with Gasteiger partial charge < -0.3 is 5.32 Å². The van der Waals surface area contributed by atoms with Crippen LogP contribution in [0.1, 0.15) is 42.3 Å². The molecule has 0 aliphatic carbocycles. The summed E-state index contributed by atoms with van der Waals surface area (Å²) in [5, 5.41) is 2.15. The molecule has 1 unspecified atom stereocenters. The minimum Gasteiger partial charge on any atom is -0.346 e.